The summed E-state index contributed by atoms with van der Waals surface area (Å²) in [7, 11) is 3.29. The number of ether oxygens (including phenoxy) is 4. The third kappa shape index (κ3) is 6.41. The summed E-state index contributed by atoms with van der Waals surface area (Å²) in [5.41, 5.74) is 1.75. The number of aromatic nitrogens is 1. The van der Waals surface area contributed by atoms with Crippen molar-refractivity contribution in [3.05, 3.63) is 41.3 Å². The number of piperidine rings is 1. The smallest absolute Gasteiger partial charge is 0.215 e. The number of rotatable bonds is 10. The quantitative estimate of drug-likeness (QED) is 0.375. The summed E-state index contributed by atoms with van der Waals surface area (Å²) in [4.78, 5) is 8.59. The summed E-state index contributed by atoms with van der Waals surface area (Å²) in [5, 5.41) is 0.585. The second kappa shape index (κ2) is 12.5. The van der Waals surface area contributed by atoms with Crippen LogP contribution in [0.25, 0.3) is 0 Å². The van der Waals surface area contributed by atoms with Crippen LogP contribution in [0, 0.1) is 17.7 Å². The first-order valence-corrected chi connectivity index (χ1v) is 13.5. The van der Waals surface area contributed by atoms with E-state index in [9.17, 15) is 0 Å². The molecule has 0 aliphatic carbocycles. The Labute approximate surface area is 224 Å². The predicted molar refractivity (Wildman–Crippen MR) is 145 cm³/mol. The average molecular weight is 536 g/mol. The second-order valence-electron chi connectivity index (χ2n) is 10.2. The minimum Gasteiger partial charge on any atom is -0.487 e. The molecule has 2 aliphatic heterocycles. The van der Waals surface area contributed by atoms with Crippen molar-refractivity contribution in [2.45, 2.75) is 51.9 Å². The molecule has 2 aromatic rings. The highest BCUT2D eigenvalue weighted by atomic mass is 35.5. The van der Waals surface area contributed by atoms with Crippen molar-refractivity contribution >= 4 is 23.0 Å². The average Bonchev–Trinajstić information content (AvgIpc) is 3.18. The lowest BCUT2D eigenvalue weighted by atomic mass is 9.96. The van der Waals surface area contributed by atoms with Gasteiger partial charge in [0.05, 0.1) is 30.1 Å². The molecule has 37 heavy (non-hydrogen) atoms. The summed E-state index contributed by atoms with van der Waals surface area (Å²) in [6.45, 7) is 10.1. The first kappa shape index (κ1) is 27.7. The van der Waals surface area contributed by atoms with Crippen LogP contribution in [0.5, 0.6) is 11.6 Å². The van der Waals surface area contributed by atoms with Crippen LogP contribution in [0.2, 0.25) is 5.02 Å². The Morgan fingerprint density at radius 1 is 1.08 bits per heavy atom. The van der Waals surface area contributed by atoms with Gasteiger partial charge in [-0.1, -0.05) is 25.4 Å². The molecule has 204 valence electrons. The molecule has 2 saturated heterocycles. The molecule has 3 heterocycles. The van der Waals surface area contributed by atoms with Gasteiger partial charge in [-0.15, -0.1) is 0 Å². The molecule has 0 N–H and O–H groups in total. The fourth-order valence-electron chi connectivity index (χ4n) is 5.31. The summed E-state index contributed by atoms with van der Waals surface area (Å²) < 4.78 is 37.9. The van der Waals surface area contributed by atoms with Crippen molar-refractivity contribution in [3.63, 3.8) is 0 Å². The Morgan fingerprint density at radius 2 is 1.89 bits per heavy atom. The number of benzene rings is 1. The minimum absolute atomic E-state index is 0.0882. The van der Waals surface area contributed by atoms with Gasteiger partial charge in [-0.25, -0.2) is 9.37 Å². The van der Waals surface area contributed by atoms with Crippen molar-refractivity contribution in [2.75, 3.05) is 56.9 Å². The number of halogens is 2. The van der Waals surface area contributed by atoms with Crippen LogP contribution in [0.4, 0.5) is 15.8 Å². The topological polar surface area (TPSA) is 56.3 Å². The molecule has 0 radical (unpaired) electrons. The first-order chi connectivity index (χ1) is 17.8. The van der Waals surface area contributed by atoms with E-state index in [4.69, 9.17) is 30.5 Å². The predicted octanol–water partition coefficient (Wildman–Crippen LogP) is 5.44. The van der Waals surface area contributed by atoms with Crippen LogP contribution >= 0.6 is 11.6 Å². The fraction of sp³-hybridized carbons (Fsp3) is 0.607. The molecule has 4 rings (SSSR count). The van der Waals surface area contributed by atoms with Crippen LogP contribution in [0.3, 0.4) is 0 Å². The fourth-order valence-corrected chi connectivity index (χ4v) is 5.54. The van der Waals surface area contributed by atoms with Gasteiger partial charge in [-0.05, 0) is 25.5 Å². The zero-order valence-electron chi connectivity index (χ0n) is 22.5. The van der Waals surface area contributed by atoms with Crippen LogP contribution in [-0.4, -0.2) is 70.3 Å². The molecule has 1 aromatic carbocycles. The van der Waals surface area contributed by atoms with Gasteiger partial charge in [0.1, 0.15) is 6.10 Å². The first-order valence-electron chi connectivity index (χ1n) is 13.1. The molecular weight excluding hydrogens is 497 g/mol. The normalized spacial score (nSPS) is 26.0. The Morgan fingerprint density at radius 3 is 2.59 bits per heavy atom. The Balaban J connectivity index is 1.36. The van der Waals surface area contributed by atoms with Crippen molar-refractivity contribution in [1.29, 1.82) is 0 Å². The molecule has 7 nitrogen and oxygen atoms in total. The van der Waals surface area contributed by atoms with Gasteiger partial charge in [0.25, 0.3) is 0 Å². The number of hydrogen-bond donors (Lipinski definition) is 0. The molecule has 2 aliphatic rings. The van der Waals surface area contributed by atoms with Gasteiger partial charge in [0.2, 0.25) is 5.88 Å². The summed E-state index contributed by atoms with van der Waals surface area (Å²) >= 11 is 6.40. The Bertz CT molecular complexity index is 1040. The number of nitrogens with zero attached hydrogens (tertiary/aromatic N) is 3. The summed E-state index contributed by atoms with van der Waals surface area (Å²) in [6.07, 6.45) is 3.26. The molecule has 9 heteroatoms. The lowest BCUT2D eigenvalue weighted by Gasteiger charge is -2.38. The van der Waals surface area contributed by atoms with Crippen LogP contribution < -0.4 is 19.3 Å². The van der Waals surface area contributed by atoms with E-state index < -0.39 is 0 Å². The maximum Gasteiger partial charge on any atom is 0.215 e. The van der Waals surface area contributed by atoms with Crippen molar-refractivity contribution < 1.29 is 23.3 Å². The van der Waals surface area contributed by atoms with E-state index in [1.807, 2.05) is 12.1 Å². The van der Waals surface area contributed by atoms with Gasteiger partial charge in [0.15, 0.2) is 11.6 Å². The van der Waals surface area contributed by atoms with Crippen molar-refractivity contribution in [2.24, 2.45) is 11.8 Å². The maximum absolute atomic E-state index is 15.2. The monoisotopic (exact) mass is 535 g/mol. The van der Waals surface area contributed by atoms with Crippen LogP contribution in [0.15, 0.2) is 30.5 Å². The standard InChI is InChI=1S/C28H39ClFN3O4/c1-18-16-32(24-14-28(35-5)31-15-22(24)29)10-9-25(18)37-26-8-7-21(13-23(26)30)33-17-27(19(2)20(33)3)36-12-6-11-34-4/h7-8,13-15,18-20,25,27H,6,9-12,16-17H2,1-5H3/t18?,19-,20-,25?,27-/m0/s1. The number of pyridine rings is 1. The zero-order chi connectivity index (χ0) is 26.5. The van der Waals surface area contributed by atoms with Crippen LogP contribution in [-0.2, 0) is 9.47 Å². The van der Waals surface area contributed by atoms with Gasteiger partial charge < -0.3 is 28.7 Å². The Kier molecular flexibility index (Phi) is 9.37. The molecule has 1 aromatic heterocycles. The summed E-state index contributed by atoms with van der Waals surface area (Å²) in [6, 6.07) is 7.41. The highest BCUT2D eigenvalue weighted by Gasteiger charge is 2.37. The summed E-state index contributed by atoms with van der Waals surface area (Å²) in [5.74, 6) is 1.02. The molecule has 0 bridgehead atoms. The van der Waals surface area contributed by atoms with Crippen molar-refractivity contribution in [1.82, 2.24) is 4.98 Å². The van der Waals surface area contributed by atoms with Crippen LogP contribution in [0.1, 0.15) is 33.6 Å². The van der Waals surface area contributed by atoms with E-state index in [0.717, 1.165) is 43.9 Å². The van der Waals surface area contributed by atoms with E-state index in [1.165, 1.54) is 0 Å². The second-order valence-corrected chi connectivity index (χ2v) is 10.6. The van der Waals surface area contributed by atoms with E-state index in [1.54, 1.807) is 32.5 Å². The molecule has 2 fully saturated rings. The number of anilines is 2. The lowest BCUT2D eigenvalue weighted by molar-refractivity contribution is 0.0277. The van der Waals surface area contributed by atoms with E-state index in [0.29, 0.717) is 35.8 Å². The van der Waals surface area contributed by atoms with Gasteiger partial charge in [-0.3, -0.25) is 0 Å². The third-order valence-electron chi connectivity index (χ3n) is 7.75. The molecular formula is C28H39ClFN3O4. The number of methoxy groups -OCH3 is 2. The van der Waals surface area contributed by atoms with E-state index in [-0.39, 0.29) is 30.0 Å². The van der Waals surface area contributed by atoms with Gasteiger partial charge in [-0.2, -0.15) is 0 Å². The molecule has 5 atom stereocenters. The SMILES string of the molecule is COCCCO[C@H]1CN(c2ccc(OC3CCN(c4cc(OC)ncc4Cl)CC3C)c(F)c2)[C@@H](C)[C@@H]1C. The lowest BCUT2D eigenvalue weighted by Crippen LogP contribution is -2.44. The molecule has 0 spiro atoms. The van der Waals surface area contributed by atoms with Crippen molar-refractivity contribution in [3.8, 4) is 11.6 Å². The maximum atomic E-state index is 15.2. The highest BCUT2D eigenvalue weighted by Crippen LogP contribution is 2.36. The third-order valence-corrected chi connectivity index (χ3v) is 8.04. The molecule has 2 unspecified atom stereocenters. The Hall–Kier alpha value is -2.29. The molecule has 0 saturated carbocycles. The zero-order valence-corrected chi connectivity index (χ0v) is 23.2. The van der Waals surface area contributed by atoms with E-state index >= 15 is 4.39 Å². The molecule has 0 amide bonds. The minimum atomic E-state index is -0.335. The highest BCUT2D eigenvalue weighted by molar-refractivity contribution is 6.33. The van der Waals surface area contributed by atoms with Gasteiger partial charge >= 0.3 is 0 Å². The number of hydrogen-bond acceptors (Lipinski definition) is 7. The van der Waals surface area contributed by atoms with Gasteiger partial charge in [0, 0.05) is 82.1 Å². The largest absolute Gasteiger partial charge is 0.487 e. The van der Waals surface area contributed by atoms with E-state index in [2.05, 4.69) is 35.6 Å².